The third-order valence-electron chi connectivity index (χ3n) is 6.62. The number of carbonyl (C=O) groups excluding carboxylic acids is 4. The number of nitrogens with zero attached hydrogens (tertiary/aromatic N) is 2. The Hall–Kier alpha value is -3.96. The van der Waals surface area contributed by atoms with Gasteiger partial charge in [-0.2, -0.15) is 0 Å². The molecule has 2 saturated heterocycles. The number of hydrogen-bond donors (Lipinski definition) is 3. The molecule has 1 atom stereocenters. The van der Waals surface area contributed by atoms with E-state index in [9.17, 15) is 19.2 Å². The van der Waals surface area contributed by atoms with Crippen molar-refractivity contribution in [3.63, 3.8) is 0 Å². The normalized spacial score (nSPS) is 17.4. The van der Waals surface area contributed by atoms with Crippen LogP contribution in [0.15, 0.2) is 65.7 Å². The minimum atomic E-state index is -0.869. The molecule has 0 aliphatic carbocycles. The van der Waals surface area contributed by atoms with Crippen LogP contribution in [0.4, 0.5) is 9.59 Å². The van der Waals surface area contributed by atoms with Crippen LogP contribution in [-0.2, 0) is 32.3 Å². The van der Waals surface area contributed by atoms with Crippen molar-refractivity contribution in [1.82, 2.24) is 20.9 Å². The lowest BCUT2D eigenvalue weighted by atomic mass is 9.96. The first-order chi connectivity index (χ1) is 19.0. The Labute approximate surface area is 239 Å². The van der Waals surface area contributed by atoms with Gasteiger partial charge in [0.15, 0.2) is 0 Å². The standard InChI is InChI=1S/C28H33N5O6.ClH/c34-24(30-25(35)23-12-7-15-29-23)22-13-16-33(17-14-22)26(31-27(36)38-18-20-8-3-1-4-9-20)32-28(37)39-19-21-10-5-2-6-11-21;/h1-6,8-11,22-23,29H,7,12-19H2,(H,30,34,35)(H,31,32,36,37);1H/t23-;/m0./s1. The van der Waals surface area contributed by atoms with Crippen LogP contribution in [0.5, 0.6) is 0 Å². The minimum absolute atomic E-state index is 0. The first kappa shape index (κ1) is 30.6. The molecule has 0 spiro atoms. The number of alkyl carbamates (subject to hydrolysis) is 1. The first-order valence-electron chi connectivity index (χ1n) is 13.1. The number of piperidine rings is 1. The summed E-state index contributed by atoms with van der Waals surface area (Å²) in [5.74, 6) is -1.00. The summed E-state index contributed by atoms with van der Waals surface area (Å²) in [5, 5.41) is 8.14. The number of guanidine groups is 1. The van der Waals surface area contributed by atoms with E-state index in [2.05, 4.69) is 20.9 Å². The Morgan fingerprint density at radius 2 is 1.43 bits per heavy atom. The summed E-state index contributed by atoms with van der Waals surface area (Å²) in [6, 6.07) is 18.0. The van der Waals surface area contributed by atoms with E-state index in [1.807, 2.05) is 60.7 Å². The number of hydrogen-bond acceptors (Lipinski definition) is 7. The highest BCUT2D eigenvalue weighted by Gasteiger charge is 2.31. The SMILES string of the molecule is Cl.O=C(N=C(NC(=O)OCc1ccccc1)N1CCC(C(=O)NC(=O)[C@@H]2CCCN2)CC1)OCc1ccccc1. The molecule has 2 aromatic carbocycles. The molecule has 0 aromatic heterocycles. The lowest BCUT2D eigenvalue weighted by molar-refractivity contribution is -0.134. The molecule has 40 heavy (non-hydrogen) atoms. The summed E-state index contributed by atoms with van der Waals surface area (Å²) in [6.07, 6.45) is 0.798. The van der Waals surface area contributed by atoms with Gasteiger partial charge in [0.1, 0.15) is 13.2 Å². The number of benzene rings is 2. The van der Waals surface area contributed by atoms with E-state index in [0.717, 1.165) is 24.1 Å². The van der Waals surface area contributed by atoms with Crippen LogP contribution < -0.4 is 16.0 Å². The van der Waals surface area contributed by atoms with Gasteiger partial charge >= 0.3 is 12.2 Å². The molecule has 2 heterocycles. The lowest BCUT2D eigenvalue weighted by Crippen LogP contribution is -2.51. The van der Waals surface area contributed by atoms with E-state index in [1.54, 1.807) is 4.90 Å². The quantitative estimate of drug-likeness (QED) is 0.273. The van der Waals surface area contributed by atoms with Crippen molar-refractivity contribution in [3.05, 3.63) is 71.8 Å². The largest absolute Gasteiger partial charge is 0.444 e. The molecule has 0 unspecified atom stereocenters. The molecule has 0 radical (unpaired) electrons. The number of imide groups is 1. The van der Waals surface area contributed by atoms with Crippen molar-refractivity contribution in [2.45, 2.75) is 44.9 Å². The summed E-state index contributed by atoms with van der Waals surface area (Å²) < 4.78 is 10.6. The van der Waals surface area contributed by atoms with Gasteiger partial charge in [0.25, 0.3) is 0 Å². The molecule has 2 aromatic rings. The second kappa shape index (κ2) is 15.6. The van der Waals surface area contributed by atoms with Gasteiger partial charge in [-0.1, -0.05) is 60.7 Å². The van der Waals surface area contributed by atoms with Crippen molar-refractivity contribution in [1.29, 1.82) is 0 Å². The third-order valence-corrected chi connectivity index (χ3v) is 6.62. The maximum Gasteiger partial charge on any atom is 0.437 e. The molecule has 4 amide bonds. The average molecular weight is 572 g/mol. The lowest BCUT2D eigenvalue weighted by Gasteiger charge is -2.33. The number of ether oxygens (including phenoxy) is 2. The number of likely N-dealkylation sites (tertiary alicyclic amines) is 1. The highest BCUT2D eigenvalue weighted by molar-refractivity contribution is 6.00. The van der Waals surface area contributed by atoms with Crippen LogP contribution in [0.2, 0.25) is 0 Å². The van der Waals surface area contributed by atoms with Gasteiger partial charge in [0.05, 0.1) is 6.04 Å². The van der Waals surface area contributed by atoms with Gasteiger partial charge in [-0.25, -0.2) is 9.59 Å². The number of nitrogens with one attached hydrogen (secondary N) is 3. The third kappa shape index (κ3) is 9.35. The van der Waals surface area contributed by atoms with Gasteiger partial charge < -0.3 is 19.7 Å². The van der Waals surface area contributed by atoms with Gasteiger partial charge in [0.2, 0.25) is 17.8 Å². The van der Waals surface area contributed by atoms with Crippen molar-refractivity contribution in [2.24, 2.45) is 10.9 Å². The zero-order chi connectivity index (χ0) is 27.5. The van der Waals surface area contributed by atoms with E-state index in [0.29, 0.717) is 32.4 Å². The van der Waals surface area contributed by atoms with Gasteiger partial charge in [-0.3, -0.25) is 20.2 Å². The van der Waals surface area contributed by atoms with Gasteiger partial charge in [-0.05, 0) is 43.4 Å². The Bertz CT molecular complexity index is 1170. The van der Waals surface area contributed by atoms with Crippen molar-refractivity contribution < 1.29 is 28.7 Å². The topological polar surface area (TPSA) is 138 Å². The van der Waals surface area contributed by atoms with Gasteiger partial charge in [0, 0.05) is 19.0 Å². The molecule has 2 fully saturated rings. The molecule has 2 aliphatic heterocycles. The van der Waals surface area contributed by atoms with Crippen molar-refractivity contribution in [2.75, 3.05) is 19.6 Å². The Kier molecular flexibility index (Phi) is 11.9. The number of halogens is 1. The molecular formula is C28H34ClN5O6. The maximum absolute atomic E-state index is 12.7. The Morgan fingerprint density at radius 3 is 2.00 bits per heavy atom. The molecule has 0 bridgehead atoms. The van der Waals surface area contributed by atoms with Crippen molar-refractivity contribution in [3.8, 4) is 0 Å². The van der Waals surface area contributed by atoms with E-state index in [4.69, 9.17) is 9.47 Å². The number of amides is 4. The maximum atomic E-state index is 12.7. The van der Waals surface area contributed by atoms with E-state index in [1.165, 1.54) is 0 Å². The summed E-state index contributed by atoms with van der Waals surface area (Å²) >= 11 is 0. The second-order valence-electron chi connectivity index (χ2n) is 9.43. The summed E-state index contributed by atoms with van der Waals surface area (Å²) in [4.78, 5) is 55.7. The highest BCUT2D eigenvalue weighted by Crippen LogP contribution is 2.18. The molecule has 11 nitrogen and oxygen atoms in total. The monoisotopic (exact) mass is 571 g/mol. The summed E-state index contributed by atoms with van der Waals surface area (Å²) in [6.45, 7) is 1.50. The molecule has 4 rings (SSSR count). The smallest absolute Gasteiger partial charge is 0.437 e. The van der Waals surface area contributed by atoms with Crippen LogP contribution in [0.1, 0.15) is 36.8 Å². The zero-order valence-electron chi connectivity index (χ0n) is 22.0. The summed E-state index contributed by atoms with van der Waals surface area (Å²) in [7, 11) is 0. The van der Waals surface area contributed by atoms with Crippen LogP contribution in [0.25, 0.3) is 0 Å². The summed E-state index contributed by atoms with van der Waals surface area (Å²) in [5.41, 5.74) is 1.61. The molecular weight excluding hydrogens is 538 g/mol. The number of rotatable bonds is 6. The van der Waals surface area contributed by atoms with Crippen LogP contribution in [-0.4, -0.2) is 60.5 Å². The highest BCUT2D eigenvalue weighted by atomic mass is 35.5. The fraction of sp³-hybridized carbons (Fsp3) is 0.393. The van der Waals surface area contributed by atoms with Crippen molar-refractivity contribution >= 4 is 42.4 Å². The second-order valence-corrected chi connectivity index (χ2v) is 9.43. The molecule has 2 aliphatic rings. The minimum Gasteiger partial charge on any atom is -0.444 e. The Morgan fingerprint density at radius 1 is 0.825 bits per heavy atom. The zero-order valence-corrected chi connectivity index (χ0v) is 22.9. The fourth-order valence-corrected chi connectivity index (χ4v) is 4.44. The van der Waals surface area contributed by atoms with Crippen LogP contribution in [0.3, 0.4) is 0 Å². The Balaban J connectivity index is 0.00000441. The first-order valence-corrected chi connectivity index (χ1v) is 13.1. The van der Waals surface area contributed by atoms with Crippen LogP contribution >= 0.6 is 12.4 Å². The molecule has 0 saturated carbocycles. The molecule has 214 valence electrons. The van der Waals surface area contributed by atoms with E-state index >= 15 is 0 Å². The predicted molar refractivity (Wildman–Crippen MR) is 150 cm³/mol. The van der Waals surface area contributed by atoms with Gasteiger partial charge in [-0.15, -0.1) is 17.4 Å². The van der Waals surface area contributed by atoms with Crippen LogP contribution in [0, 0.1) is 5.92 Å². The molecule has 12 heteroatoms. The average Bonchev–Trinajstić information content (AvgIpc) is 3.51. The fourth-order valence-electron chi connectivity index (χ4n) is 4.44. The molecule has 3 N–H and O–H groups in total. The number of aliphatic imine (C=N–C) groups is 1. The number of carbonyl (C=O) groups is 4. The van der Waals surface area contributed by atoms with E-state index in [-0.39, 0.29) is 55.4 Å². The van der Waals surface area contributed by atoms with E-state index < -0.39 is 12.2 Å². The predicted octanol–water partition coefficient (Wildman–Crippen LogP) is 3.13.